The molecule has 0 saturated heterocycles. The number of unbranched alkanes of at least 4 members (excludes halogenated alkanes) is 2. The second kappa shape index (κ2) is 11.3. The van der Waals surface area contributed by atoms with Gasteiger partial charge in [-0.15, -0.1) is 0 Å². The van der Waals surface area contributed by atoms with E-state index in [-0.39, 0.29) is 17.9 Å². The zero-order valence-electron chi connectivity index (χ0n) is 12.8. The van der Waals surface area contributed by atoms with Crippen LogP contribution in [0.1, 0.15) is 30.4 Å². The predicted molar refractivity (Wildman–Crippen MR) is 84.4 cm³/mol. The van der Waals surface area contributed by atoms with E-state index in [1.807, 2.05) is 0 Å². The molecule has 8 heteroatoms. The molecule has 1 aromatic rings. The molecule has 1 aromatic carbocycles. The molecule has 1 rings (SSSR count). The minimum Gasteiger partial charge on any atom is -0.211 e. The Morgan fingerprint density at radius 3 is 2.21 bits per heavy atom. The van der Waals surface area contributed by atoms with Gasteiger partial charge in [-0.25, -0.2) is 29.2 Å². The summed E-state index contributed by atoms with van der Waals surface area (Å²) >= 11 is 0. The van der Waals surface area contributed by atoms with Crippen LogP contribution < -0.4 is 0 Å². The van der Waals surface area contributed by atoms with Crippen LogP contribution in [0, 0.1) is 0 Å². The third-order valence-electron chi connectivity index (χ3n) is 3.26. The van der Waals surface area contributed by atoms with Crippen LogP contribution >= 0.6 is 0 Å². The van der Waals surface area contributed by atoms with Crippen LogP contribution in [0.4, 0.5) is 11.4 Å². The third-order valence-corrected chi connectivity index (χ3v) is 3.26. The van der Waals surface area contributed by atoms with E-state index in [0.717, 1.165) is 24.8 Å². The van der Waals surface area contributed by atoms with E-state index in [4.69, 9.17) is 0 Å². The van der Waals surface area contributed by atoms with Crippen molar-refractivity contribution in [2.24, 2.45) is 20.0 Å². The molecular formula is C16H14N4O4. The van der Waals surface area contributed by atoms with Gasteiger partial charge < -0.3 is 0 Å². The second-order valence-corrected chi connectivity index (χ2v) is 4.67. The van der Waals surface area contributed by atoms with Crippen LogP contribution in [0.3, 0.4) is 0 Å². The van der Waals surface area contributed by atoms with E-state index in [0.29, 0.717) is 18.5 Å². The summed E-state index contributed by atoms with van der Waals surface area (Å²) in [6, 6.07) is 3.28. The van der Waals surface area contributed by atoms with E-state index < -0.39 is 0 Å². The molecule has 24 heavy (non-hydrogen) atoms. The highest BCUT2D eigenvalue weighted by Crippen LogP contribution is 2.35. The minimum atomic E-state index is -0.0308. The van der Waals surface area contributed by atoms with Gasteiger partial charge in [0.2, 0.25) is 24.3 Å². The van der Waals surface area contributed by atoms with Gasteiger partial charge in [-0.05, 0) is 30.9 Å². The molecule has 0 aliphatic carbocycles. The molecule has 0 radical (unpaired) electrons. The summed E-state index contributed by atoms with van der Waals surface area (Å²) in [6.45, 7) is 0.399. The molecule has 8 nitrogen and oxygen atoms in total. The molecule has 0 unspecified atom stereocenters. The Balaban J connectivity index is 3.06. The molecule has 122 valence electrons. The SMILES string of the molecule is O=C=NCCCCCc1ccc(N=C=O)c(N=C=O)c1CN=C=O. The highest BCUT2D eigenvalue weighted by Gasteiger charge is 2.13. The Morgan fingerprint density at radius 1 is 0.792 bits per heavy atom. The fourth-order valence-electron chi connectivity index (χ4n) is 2.23. The maximum Gasteiger partial charge on any atom is 0.240 e. The van der Waals surface area contributed by atoms with Crippen molar-refractivity contribution in [1.29, 1.82) is 0 Å². The monoisotopic (exact) mass is 326 g/mol. The average molecular weight is 326 g/mol. The van der Waals surface area contributed by atoms with Gasteiger partial charge in [0.1, 0.15) is 11.4 Å². The Bertz CT molecular complexity index is 765. The molecule has 0 N–H and O–H groups in total. The van der Waals surface area contributed by atoms with E-state index >= 15 is 0 Å². The van der Waals surface area contributed by atoms with Gasteiger partial charge in [0.25, 0.3) is 0 Å². The minimum absolute atomic E-state index is 0.0308. The molecule has 0 fully saturated rings. The first-order valence-electron chi connectivity index (χ1n) is 7.16. The van der Waals surface area contributed by atoms with Gasteiger partial charge in [0, 0.05) is 5.56 Å². The fraction of sp³-hybridized carbons (Fsp3) is 0.375. The van der Waals surface area contributed by atoms with E-state index in [2.05, 4.69) is 20.0 Å². The summed E-state index contributed by atoms with van der Waals surface area (Å²) in [6.07, 6.45) is 8.75. The lowest BCUT2D eigenvalue weighted by atomic mass is 9.98. The normalized spacial score (nSPS) is 9.00. The van der Waals surface area contributed by atoms with Gasteiger partial charge in [-0.3, -0.25) is 0 Å². The van der Waals surface area contributed by atoms with E-state index in [1.54, 1.807) is 12.1 Å². The number of hydrogen-bond acceptors (Lipinski definition) is 8. The van der Waals surface area contributed by atoms with E-state index in [9.17, 15) is 19.2 Å². The van der Waals surface area contributed by atoms with Crippen molar-refractivity contribution in [2.45, 2.75) is 32.2 Å². The molecule has 0 aliphatic heterocycles. The zero-order valence-corrected chi connectivity index (χ0v) is 12.8. The number of carbonyl (C=O) groups excluding carboxylic acids is 4. The van der Waals surface area contributed by atoms with Gasteiger partial charge >= 0.3 is 0 Å². The van der Waals surface area contributed by atoms with Crippen LogP contribution in [0.15, 0.2) is 32.1 Å². The molecule has 0 atom stereocenters. The van der Waals surface area contributed by atoms with Gasteiger partial charge in [-0.1, -0.05) is 12.5 Å². The van der Waals surface area contributed by atoms with Crippen molar-refractivity contribution >= 4 is 35.7 Å². The molecule has 0 spiro atoms. The summed E-state index contributed by atoms with van der Waals surface area (Å²) in [5.74, 6) is 0. The molecule has 0 aromatic heterocycles. The molecular weight excluding hydrogens is 312 g/mol. The van der Waals surface area contributed by atoms with Crippen LogP contribution in [0.5, 0.6) is 0 Å². The van der Waals surface area contributed by atoms with Gasteiger partial charge in [-0.2, -0.15) is 9.98 Å². The zero-order chi connectivity index (χ0) is 17.6. The van der Waals surface area contributed by atoms with Gasteiger partial charge in [0.15, 0.2) is 0 Å². The van der Waals surface area contributed by atoms with Crippen LogP contribution in [-0.2, 0) is 32.1 Å². The highest BCUT2D eigenvalue weighted by molar-refractivity contribution is 5.73. The summed E-state index contributed by atoms with van der Waals surface area (Å²) in [4.78, 5) is 55.6. The Morgan fingerprint density at radius 2 is 1.54 bits per heavy atom. The topological polar surface area (TPSA) is 118 Å². The second-order valence-electron chi connectivity index (χ2n) is 4.67. The standard InChI is InChI=1S/C16H14N4O4/c21-9-17-7-3-1-2-4-13-5-6-15(19-11-23)16(20-12-24)14(13)8-18-10-22/h5-6H,1-4,7-8H2. The van der Waals surface area contributed by atoms with Crippen LogP contribution in [-0.4, -0.2) is 30.9 Å². The fourth-order valence-corrected chi connectivity index (χ4v) is 2.23. The first kappa shape index (κ1) is 18.8. The molecule has 0 bridgehead atoms. The average Bonchev–Trinajstić information content (AvgIpc) is 2.59. The maximum atomic E-state index is 10.6. The molecule has 0 saturated carbocycles. The van der Waals surface area contributed by atoms with Crippen molar-refractivity contribution < 1.29 is 19.2 Å². The lowest BCUT2D eigenvalue weighted by Crippen LogP contribution is -1.96. The third kappa shape index (κ3) is 5.85. The number of nitrogens with zero attached hydrogens (tertiary/aromatic N) is 4. The first-order valence-corrected chi connectivity index (χ1v) is 7.16. The van der Waals surface area contributed by atoms with Crippen molar-refractivity contribution in [2.75, 3.05) is 6.54 Å². The largest absolute Gasteiger partial charge is 0.240 e. The molecule has 0 aliphatic rings. The van der Waals surface area contributed by atoms with Crippen molar-refractivity contribution in [3.8, 4) is 0 Å². The summed E-state index contributed by atoms with van der Waals surface area (Å²) < 4.78 is 0. The molecule has 0 heterocycles. The molecule has 0 amide bonds. The van der Waals surface area contributed by atoms with Gasteiger partial charge in [0.05, 0.1) is 13.1 Å². The number of hydrogen-bond donors (Lipinski definition) is 0. The number of rotatable bonds is 10. The predicted octanol–water partition coefficient (Wildman–Crippen LogP) is 2.51. The van der Waals surface area contributed by atoms with Crippen molar-refractivity contribution in [3.63, 3.8) is 0 Å². The number of benzene rings is 1. The van der Waals surface area contributed by atoms with Crippen LogP contribution in [0.2, 0.25) is 0 Å². The summed E-state index contributed by atoms with van der Waals surface area (Å²) in [5.41, 5.74) is 1.65. The quantitative estimate of drug-likeness (QED) is 0.373. The smallest absolute Gasteiger partial charge is 0.211 e. The first-order chi connectivity index (χ1) is 11.8. The Hall–Kier alpha value is -3.26. The summed E-state index contributed by atoms with van der Waals surface area (Å²) in [5, 5.41) is 0. The number of aliphatic imine (C=N–C) groups is 4. The van der Waals surface area contributed by atoms with Crippen molar-refractivity contribution in [3.05, 3.63) is 23.3 Å². The number of aryl methyl sites for hydroxylation is 1. The number of isocyanates is 4. The summed E-state index contributed by atoms with van der Waals surface area (Å²) in [7, 11) is 0. The lowest BCUT2D eigenvalue weighted by Gasteiger charge is -2.11. The Labute approximate surface area is 137 Å². The van der Waals surface area contributed by atoms with Crippen LogP contribution in [0.25, 0.3) is 0 Å². The Kier molecular flexibility index (Phi) is 8.87. The van der Waals surface area contributed by atoms with E-state index in [1.165, 1.54) is 24.3 Å². The van der Waals surface area contributed by atoms with Crippen molar-refractivity contribution in [1.82, 2.24) is 0 Å². The highest BCUT2D eigenvalue weighted by atomic mass is 16.1. The maximum absolute atomic E-state index is 10.6. The lowest BCUT2D eigenvalue weighted by molar-refractivity contribution is 0.560.